The molecule has 0 saturated carbocycles. The average molecular weight is 437 g/mol. The van der Waals surface area contributed by atoms with Crippen molar-refractivity contribution in [3.05, 3.63) is 65.1 Å². The number of aromatic nitrogens is 4. The van der Waals surface area contributed by atoms with Gasteiger partial charge < -0.3 is 9.84 Å². The Bertz CT molecular complexity index is 1270. The van der Waals surface area contributed by atoms with Crippen LogP contribution in [0.1, 0.15) is 11.3 Å². The molecular formula is C21H15ClN5O2S-. The van der Waals surface area contributed by atoms with Gasteiger partial charge in [-0.15, -0.1) is 0 Å². The summed E-state index contributed by atoms with van der Waals surface area (Å²) in [5.74, 6) is 0. The zero-order valence-electron chi connectivity index (χ0n) is 15.9. The van der Waals surface area contributed by atoms with Gasteiger partial charge in [-0.2, -0.15) is 5.10 Å². The Morgan fingerprint density at radius 1 is 1.23 bits per heavy atom. The quantitative estimate of drug-likeness (QED) is 0.360. The molecule has 0 N–H and O–H groups in total. The zero-order chi connectivity index (χ0) is 20.7. The minimum Gasteiger partial charge on any atom is -0.603 e. The molecule has 0 fully saturated rings. The van der Waals surface area contributed by atoms with E-state index >= 15 is 0 Å². The highest BCUT2D eigenvalue weighted by molar-refractivity contribution is 7.18. The fourth-order valence-corrected chi connectivity index (χ4v) is 4.81. The van der Waals surface area contributed by atoms with Gasteiger partial charge in [0, 0.05) is 23.5 Å². The summed E-state index contributed by atoms with van der Waals surface area (Å²) < 4.78 is 6.50. The molecule has 0 aliphatic heterocycles. The molecule has 3 aromatic heterocycles. The van der Waals surface area contributed by atoms with Crippen molar-refractivity contribution in [1.29, 1.82) is 0 Å². The molecule has 0 spiro atoms. The van der Waals surface area contributed by atoms with Crippen LogP contribution in [0.2, 0.25) is 5.02 Å². The fraction of sp³-hybridized carbons (Fsp3) is 0.143. The van der Waals surface area contributed by atoms with E-state index in [2.05, 4.69) is 19.7 Å². The van der Waals surface area contributed by atoms with Crippen molar-refractivity contribution in [3.8, 4) is 27.5 Å². The summed E-state index contributed by atoms with van der Waals surface area (Å²) in [6.45, 7) is 0. The minimum atomic E-state index is -0.669. The monoisotopic (exact) mass is 436 g/mol. The summed E-state index contributed by atoms with van der Waals surface area (Å²) in [6.07, 6.45) is 4.37. The second kappa shape index (κ2) is 7.55. The van der Waals surface area contributed by atoms with Crippen molar-refractivity contribution in [2.75, 3.05) is 7.11 Å². The standard InChI is InChI=1S/C21H16ClN5O2S/c1-29-21(28)25-20-24-15-9-8-13-17(12-5-4-10-23-11-12)26-27(18(13)19(15)30-20)16-7-3-2-6-14(16)22/h2-7,10-11H,8-9H2,1H3,(H,24,25,28)/p-1. The summed E-state index contributed by atoms with van der Waals surface area (Å²) in [5.41, 5.74) is 5.49. The van der Waals surface area contributed by atoms with Crippen LogP contribution in [-0.2, 0) is 17.6 Å². The number of pyridine rings is 1. The predicted octanol–water partition coefficient (Wildman–Crippen LogP) is 3.80. The number of ether oxygens (including phenoxy) is 1. The highest BCUT2D eigenvalue weighted by Crippen LogP contribution is 2.45. The molecule has 5 rings (SSSR count). The van der Waals surface area contributed by atoms with Gasteiger partial charge in [0.2, 0.25) is 5.13 Å². The average Bonchev–Trinajstić information content (AvgIpc) is 3.35. The third kappa shape index (κ3) is 3.14. The van der Waals surface area contributed by atoms with Gasteiger partial charge in [-0.25, -0.2) is 14.7 Å². The Kier molecular flexibility index (Phi) is 4.72. The number of hydrogen-bond acceptors (Lipinski definition) is 7. The number of benzene rings is 1. The maximum atomic E-state index is 11.6. The first-order valence-electron chi connectivity index (χ1n) is 9.22. The highest BCUT2D eigenvalue weighted by Gasteiger charge is 2.30. The van der Waals surface area contributed by atoms with E-state index in [9.17, 15) is 5.11 Å². The van der Waals surface area contributed by atoms with Gasteiger partial charge in [-0.3, -0.25) is 4.98 Å². The number of hydrogen-bond donors (Lipinski definition) is 0. The molecule has 150 valence electrons. The van der Waals surface area contributed by atoms with Crippen molar-refractivity contribution in [1.82, 2.24) is 19.7 Å². The van der Waals surface area contributed by atoms with Crippen LogP contribution in [0.25, 0.3) is 27.5 Å². The van der Waals surface area contributed by atoms with E-state index < -0.39 is 6.08 Å². The summed E-state index contributed by atoms with van der Waals surface area (Å²) in [6, 6.07) is 11.5. The van der Waals surface area contributed by atoms with Gasteiger partial charge in [0.1, 0.15) is 0 Å². The number of rotatable bonds is 3. The highest BCUT2D eigenvalue weighted by atomic mass is 35.5. The lowest BCUT2D eigenvalue weighted by Gasteiger charge is -2.14. The second-order valence-electron chi connectivity index (χ2n) is 6.63. The molecule has 1 aliphatic carbocycles. The lowest BCUT2D eigenvalue weighted by Crippen LogP contribution is -2.18. The molecule has 0 radical (unpaired) electrons. The normalized spacial score (nSPS) is 13.1. The van der Waals surface area contributed by atoms with Crippen LogP contribution in [0, 0.1) is 0 Å². The number of thiazole rings is 1. The Morgan fingerprint density at radius 2 is 2.10 bits per heavy atom. The van der Waals surface area contributed by atoms with E-state index in [1.807, 2.05) is 41.1 Å². The number of aliphatic imine (C=N–C) groups is 1. The van der Waals surface area contributed by atoms with Gasteiger partial charge in [-0.05, 0) is 44.2 Å². The van der Waals surface area contributed by atoms with Gasteiger partial charge in [-0.1, -0.05) is 35.1 Å². The van der Waals surface area contributed by atoms with Crippen LogP contribution in [0.5, 0.6) is 0 Å². The van der Waals surface area contributed by atoms with Crippen LogP contribution in [0.15, 0.2) is 53.8 Å². The Hall–Kier alpha value is -3.23. The molecule has 3 heterocycles. The molecule has 7 nitrogen and oxygen atoms in total. The third-order valence-electron chi connectivity index (χ3n) is 4.87. The van der Waals surface area contributed by atoms with E-state index in [0.717, 1.165) is 51.6 Å². The summed E-state index contributed by atoms with van der Waals surface area (Å²) in [7, 11) is 1.30. The predicted molar refractivity (Wildman–Crippen MR) is 114 cm³/mol. The van der Waals surface area contributed by atoms with Gasteiger partial charge >= 0.3 is 0 Å². The summed E-state index contributed by atoms with van der Waals surface area (Å²) in [5, 5.41) is 17.5. The largest absolute Gasteiger partial charge is 0.603 e. The molecule has 1 aliphatic rings. The number of aryl methyl sites for hydroxylation is 1. The molecular weight excluding hydrogens is 422 g/mol. The molecule has 0 bridgehead atoms. The maximum absolute atomic E-state index is 11.6. The van der Waals surface area contributed by atoms with Crippen molar-refractivity contribution in [2.24, 2.45) is 4.99 Å². The van der Waals surface area contributed by atoms with Crippen molar-refractivity contribution >= 4 is 34.2 Å². The van der Waals surface area contributed by atoms with E-state index in [0.29, 0.717) is 10.2 Å². The van der Waals surface area contributed by atoms with E-state index in [1.165, 1.54) is 18.4 Å². The van der Waals surface area contributed by atoms with Crippen LogP contribution in [-0.4, -0.2) is 32.9 Å². The molecule has 0 saturated heterocycles. The zero-order valence-corrected chi connectivity index (χ0v) is 17.4. The SMILES string of the molecule is COC([O-])=Nc1nc2c(s1)-c1c(c(-c3cccnc3)nn1-c1ccccc1Cl)CC2. The number of halogens is 1. The minimum absolute atomic E-state index is 0.370. The molecule has 0 amide bonds. The third-order valence-corrected chi connectivity index (χ3v) is 6.19. The van der Waals surface area contributed by atoms with Crippen LogP contribution in [0.4, 0.5) is 5.13 Å². The van der Waals surface area contributed by atoms with E-state index in [4.69, 9.17) is 16.7 Å². The van der Waals surface area contributed by atoms with Crippen molar-refractivity contribution in [3.63, 3.8) is 0 Å². The van der Waals surface area contributed by atoms with Crippen LogP contribution >= 0.6 is 22.9 Å². The van der Waals surface area contributed by atoms with E-state index in [-0.39, 0.29) is 0 Å². The Balaban J connectivity index is 1.76. The topological polar surface area (TPSA) is 88.2 Å². The first kappa shape index (κ1) is 18.8. The van der Waals surface area contributed by atoms with Crippen molar-refractivity contribution in [2.45, 2.75) is 12.8 Å². The number of methoxy groups -OCH3 is 1. The molecule has 4 aromatic rings. The number of fused-ring (bicyclic) bond motifs is 3. The van der Waals surface area contributed by atoms with Crippen molar-refractivity contribution < 1.29 is 9.84 Å². The maximum Gasteiger partial charge on any atom is 0.211 e. The first-order chi connectivity index (χ1) is 14.7. The molecule has 1 aromatic carbocycles. The lowest BCUT2D eigenvalue weighted by atomic mass is 9.95. The second-order valence-corrected chi connectivity index (χ2v) is 8.02. The lowest BCUT2D eigenvalue weighted by molar-refractivity contribution is -0.247. The molecule has 9 heteroatoms. The molecule has 0 unspecified atom stereocenters. The smallest absolute Gasteiger partial charge is 0.211 e. The summed E-state index contributed by atoms with van der Waals surface area (Å²) >= 11 is 7.86. The number of para-hydroxylation sites is 1. The van der Waals surface area contributed by atoms with E-state index in [1.54, 1.807) is 12.4 Å². The molecule has 0 atom stereocenters. The first-order valence-corrected chi connectivity index (χ1v) is 10.4. The van der Waals surface area contributed by atoms with Crippen LogP contribution < -0.4 is 5.11 Å². The van der Waals surface area contributed by atoms with Gasteiger partial charge in [0.15, 0.2) is 6.08 Å². The summed E-state index contributed by atoms with van der Waals surface area (Å²) in [4.78, 5) is 13.6. The van der Waals surface area contributed by atoms with Gasteiger partial charge in [0.05, 0.1) is 32.7 Å². The Labute approximate surface area is 181 Å². The molecule has 30 heavy (non-hydrogen) atoms. The Morgan fingerprint density at radius 3 is 2.87 bits per heavy atom. The van der Waals surface area contributed by atoms with Gasteiger partial charge in [0.25, 0.3) is 0 Å². The fourth-order valence-electron chi connectivity index (χ4n) is 3.56. The van der Waals surface area contributed by atoms with Crippen LogP contribution in [0.3, 0.4) is 0 Å². The number of nitrogens with zero attached hydrogens (tertiary/aromatic N) is 5.